The van der Waals surface area contributed by atoms with E-state index in [0.29, 0.717) is 0 Å². The standard InChI is InChI=1S/C15H24N2O/c18-15-8-4-5-12-17(15)13-11-16-10-9-14-6-2-1-3-7-14/h4-5,8,12,14,16H,1-3,6-7,9-11,13H2. The first kappa shape index (κ1) is 13.3. The van der Waals surface area contributed by atoms with Gasteiger partial charge in [-0.2, -0.15) is 0 Å². The first-order valence-electron chi connectivity index (χ1n) is 7.22. The SMILES string of the molecule is O=c1ccccn1CCNCCC1CCCCC1. The van der Waals surface area contributed by atoms with Crippen molar-refractivity contribution in [2.75, 3.05) is 13.1 Å². The predicted octanol–water partition coefficient (Wildman–Crippen LogP) is 2.41. The summed E-state index contributed by atoms with van der Waals surface area (Å²) in [5.74, 6) is 0.936. The van der Waals surface area contributed by atoms with E-state index in [1.807, 2.05) is 12.3 Å². The first-order valence-corrected chi connectivity index (χ1v) is 7.22. The highest BCUT2D eigenvalue weighted by atomic mass is 16.1. The van der Waals surface area contributed by atoms with E-state index in [1.54, 1.807) is 16.7 Å². The Morgan fingerprint density at radius 1 is 1.17 bits per heavy atom. The molecule has 0 aromatic carbocycles. The van der Waals surface area contributed by atoms with Gasteiger partial charge in [0, 0.05) is 25.4 Å². The quantitative estimate of drug-likeness (QED) is 0.784. The summed E-state index contributed by atoms with van der Waals surface area (Å²) in [5, 5.41) is 3.45. The van der Waals surface area contributed by atoms with Crippen LogP contribution in [-0.2, 0) is 6.54 Å². The van der Waals surface area contributed by atoms with Crippen LogP contribution < -0.4 is 10.9 Å². The number of nitrogens with zero attached hydrogens (tertiary/aromatic N) is 1. The zero-order valence-electron chi connectivity index (χ0n) is 11.1. The molecule has 1 heterocycles. The maximum Gasteiger partial charge on any atom is 0.250 e. The van der Waals surface area contributed by atoms with Crippen LogP contribution in [0.1, 0.15) is 38.5 Å². The molecule has 1 aromatic heterocycles. The lowest BCUT2D eigenvalue weighted by Gasteiger charge is -2.21. The minimum Gasteiger partial charge on any atom is -0.315 e. The largest absolute Gasteiger partial charge is 0.315 e. The zero-order valence-corrected chi connectivity index (χ0v) is 11.1. The second kappa shape index (κ2) is 7.37. The summed E-state index contributed by atoms with van der Waals surface area (Å²) in [6.45, 7) is 2.74. The van der Waals surface area contributed by atoms with Crippen LogP contribution in [0, 0.1) is 5.92 Å². The molecule has 1 fully saturated rings. The van der Waals surface area contributed by atoms with Gasteiger partial charge in [-0.05, 0) is 24.9 Å². The molecule has 3 nitrogen and oxygen atoms in total. The van der Waals surface area contributed by atoms with Gasteiger partial charge in [0.05, 0.1) is 0 Å². The summed E-state index contributed by atoms with van der Waals surface area (Å²) in [6, 6.07) is 5.31. The lowest BCUT2D eigenvalue weighted by Crippen LogP contribution is -2.27. The molecule has 1 aliphatic rings. The third-order valence-electron chi connectivity index (χ3n) is 3.88. The van der Waals surface area contributed by atoms with Crippen molar-refractivity contribution in [2.24, 2.45) is 5.92 Å². The van der Waals surface area contributed by atoms with Crippen LogP contribution in [-0.4, -0.2) is 17.7 Å². The fourth-order valence-electron chi connectivity index (χ4n) is 2.75. The van der Waals surface area contributed by atoms with E-state index in [9.17, 15) is 4.79 Å². The van der Waals surface area contributed by atoms with Gasteiger partial charge in [0.25, 0.3) is 5.56 Å². The fourth-order valence-corrected chi connectivity index (χ4v) is 2.75. The van der Waals surface area contributed by atoms with E-state index in [1.165, 1.54) is 38.5 Å². The number of rotatable bonds is 6. The maximum absolute atomic E-state index is 11.5. The Morgan fingerprint density at radius 2 is 2.00 bits per heavy atom. The summed E-state index contributed by atoms with van der Waals surface area (Å²) < 4.78 is 1.76. The Hall–Kier alpha value is -1.09. The third kappa shape index (κ3) is 4.30. The van der Waals surface area contributed by atoms with Gasteiger partial charge in [0.2, 0.25) is 0 Å². The van der Waals surface area contributed by atoms with E-state index in [-0.39, 0.29) is 5.56 Å². The molecule has 0 unspecified atom stereocenters. The van der Waals surface area contributed by atoms with Gasteiger partial charge in [-0.15, -0.1) is 0 Å². The Labute approximate surface area is 109 Å². The molecular weight excluding hydrogens is 224 g/mol. The zero-order chi connectivity index (χ0) is 12.6. The van der Waals surface area contributed by atoms with E-state index >= 15 is 0 Å². The van der Waals surface area contributed by atoms with Crippen LogP contribution in [0.5, 0.6) is 0 Å². The van der Waals surface area contributed by atoms with Crippen LogP contribution in [0.3, 0.4) is 0 Å². The van der Waals surface area contributed by atoms with E-state index < -0.39 is 0 Å². The minimum absolute atomic E-state index is 0.0894. The van der Waals surface area contributed by atoms with Crippen molar-refractivity contribution in [3.63, 3.8) is 0 Å². The Kier molecular flexibility index (Phi) is 5.46. The number of pyridine rings is 1. The summed E-state index contributed by atoms with van der Waals surface area (Å²) in [6.07, 6.45) is 10.3. The third-order valence-corrected chi connectivity index (χ3v) is 3.88. The fraction of sp³-hybridized carbons (Fsp3) is 0.667. The molecule has 1 N–H and O–H groups in total. The summed E-state index contributed by atoms with van der Waals surface area (Å²) in [4.78, 5) is 11.5. The molecule has 2 rings (SSSR count). The summed E-state index contributed by atoms with van der Waals surface area (Å²) in [7, 11) is 0. The van der Waals surface area contributed by atoms with Crippen molar-refractivity contribution in [3.8, 4) is 0 Å². The van der Waals surface area contributed by atoms with E-state index in [4.69, 9.17) is 0 Å². The normalized spacial score (nSPS) is 16.9. The highest BCUT2D eigenvalue weighted by Crippen LogP contribution is 2.25. The van der Waals surface area contributed by atoms with Gasteiger partial charge in [0.1, 0.15) is 0 Å². The van der Waals surface area contributed by atoms with Gasteiger partial charge in [-0.1, -0.05) is 38.2 Å². The van der Waals surface area contributed by atoms with Crippen LogP contribution in [0.25, 0.3) is 0 Å². The molecular formula is C15H24N2O. The van der Waals surface area contributed by atoms with Crippen LogP contribution in [0.15, 0.2) is 29.2 Å². The average Bonchev–Trinajstić information content (AvgIpc) is 2.42. The summed E-state index contributed by atoms with van der Waals surface area (Å²) in [5.41, 5.74) is 0.0894. The maximum atomic E-state index is 11.5. The molecule has 0 aliphatic heterocycles. The highest BCUT2D eigenvalue weighted by Gasteiger charge is 2.12. The van der Waals surface area contributed by atoms with Crippen molar-refractivity contribution in [2.45, 2.75) is 45.1 Å². The topological polar surface area (TPSA) is 34.0 Å². The van der Waals surface area contributed by atoms with E-state index in [0.717, 1.165) is 25.6 Å². The van der Waals surface area contributed by atoms with Crippen molar-refractivity contribution in [1.82, 2.24) is 9.88 Å². The van der Waals surface area contributed by atoms with Gasteiger partial charge >= 0.3 is 0 Å². The Morgan fingerprint density at radius 3 is 2.78 bits per heavy atom. The van der Waals surface area contributed by atoms with E-state index in [2.05, 4.69) is 5.32 Å². The lowest BCUT2D eigenvalue weighted by molar-refractivity contribution is 0.333. The molecule has 18 heavy (non-hydrogen) atoms. The van der Waals surface area contributed by atoms with Gasteiger partial charge in [0.15, 0.2) is 0 Å². The molecule has 0 radical (unpaired) electrons. The molecule has 1 aromatic rings. The number of nitrogens with one attached hydrogen (secondary N) is 1. The second-order valence-electron chi connectivity index (χ2n) is 5.27. The van der Waals surface area contributed by atoms with Crippen LogP contribution in [0.4, 0.5) is 0 Å². The molecule has 1 saturated carbocycles. The summed E-state index contributed by atoms with van der Waals surface area (Å²) >= 11 is 0. The number of hydrogen-bond acceptors (Lipinski definition) is 2. The van der Waals surface area contributed by atoms with Gasteiger partial charge < -0.3 is 9.88 Å². The molecule has 3 heteroatoms. The average molecular weight is 248 g/mol. The smallest absolute Gasteiger partial charge is 0.250 e. The lowest BCUT2D eigenvalue weighted by atomic mass is 9.87. The van der Waals surface area contributed by atoms with Crippen LogP contribution >= 0.6 is 0 Å². The van der Waals surface area contributed by atoms with Crippen molar-refractivity contribution in [3.05, 3.63) is 34.7 Å². The molecule has 0 bridgehead atoms. The molecule has 0 atom stereocenters. The second-order valence-corrected chi connectivity index (χ2v) is 5.27. The highest BCUT2D eigenvalue weighted by molar-refractivity contribution is 4.93. The number of hydrogen-bond donors (Lipinski definition) is 1. The van der Waals surface area contributed by atoms with Crippen molar-refractivity contribution >= 4 is 0 Å². The molecule has 0 amide bonds. The molecule has 0 saturated heterocycles. The minimum atomic E-state index is 0.0894. The number of aromatic nitrogens is 1. The molecule has 100 valence electrons. The van der Waals surface area contributed by atoms with Crippen molar-refractivity contribution in [1.29, 1.82) is 0 Å². The van der Waals surface area contributed by atoms with Crippen molar-refractivity contribution < 1.29 is 0 Å². The van der Waals surface area contributed by atoms with Gasteiger partial charge in [-0.25, -0.2) is 0 Å². The molecule has 0 spiro atoms. The molecule has 1 aliphatic carbocycles. The van der Waals surface area contributed by atoms with Crippen LogP contribution in [0.2, 0.25) is 0 Å². The van der Waals surface area contributed by atoms with Gasteiger partial charge in [-0.3, -0.25) is 4.79 Å². The monoisotopic (exact) mass is 248 g/mol. The predicted molar refractivity (Wildman–Crippen MR) is 74.8 cm³/mol. The Balaban J connectivity index is 1.58. The Bertz CT molecular complexity index is 393. The first-order chi connectivity index (χ1) is 8.86.